The van der Waals surface area contributed by atoms with Crippen molar-refractivity contribution in [1.82, 2.24) is 9.97 Å². The molecule has 4 nitrogen and oxygen atoms in total. The summed E-state index contributed by atoms with van der Waals surface area (Å²) in [6.45, 7) is 0. The lowest BCUT2D eigenvalue weighted by atomic mass is 9.90. The Hall–Kier alpha value is -1.71. The summed E-state index contributed by atoms with van der Waals surface area (Å²) in [5, 5.41) is 0. The largest absolute Gasteiger partial charge is 0.464 e. The first-order chi connectivity index (χ1) is 8.28. The van der Waals surface area contributed by atoms with E-state index in [1.54, 1.807) is 6.07 Å². The summed E-state index contributed by atoms with van der Waals surface area (Å²) in [7, 11) is 1.37. The lowest BCUT2D eigenvalue weighted by Gasteiger charge is -2.17. The third kappa shape index (κ3) is 1.73. The number of rotatable bonds is 2. The standard InChI is InChI=1S/C13H14N2O2/c1-17-13(16)12-6-11(14-7-15-12)10-5-8-2-3-9(10)4-8/h2-3,6-10H,4-5H2,1H3/t8-,9-,10+/m0/s1. The molecule has 2 aliphatic carbocycles. The molecule has 1 heterocycles. The molecular weight excluding hydrogens is 216 g/mol. The van der Waals surface area contributed by atoms with Crippen LogP contribution in [0, 0.1) is 11.8 Å². The van der Waals surface area contributed by atoms with Gasteiger partial charge >= 0.3 is 5.97 Å². The van der Waals surface area contributed by atoms with Gasteiger partial charge in [0, 0.05) is 11.6 Å². The lowest BCUT2D eigenvalue weighted by molar-refractivity contribution is 0.0593. The van der Waals surface area contributed by atoms with Gasteiger partial charge in [0.05, 0.1) is 7.11 Å². The van der Waals surface area contributed by atoms with E-state index < -0.39 is 5.97 Å². The Morgan fingerprint density at radius 1 is 1.35 bits per heavy atom. The van der Waals surface area contributed by atoms with Crippen molar-refractivity contribution in [3.05, 3.63) is 35.9 Å². The molecule has 3 rings (SSSR count). The van der Waals surface area contributed by atoms with E-state index in [4.69, 9.17) is 0 Å². The fourth-order valence-corrected chi connectivity index (χ4v) is 2.91. The second-order valence-corrected chi connectivity index (χ2v) is 4.71. The summed E-state index contributed by atoms with van der Waals surface area (Å²) in [6.07, 6.45) is 8.39. The molecule has 1 aromatic rings. The summed E-state index contributed by atoms with van der Waals surface area (Å²) in [5.41, 5.74) is 1.32. The molecule has 0 amide bonds. The second-order valence-electron chi connectivity index (χ2n) is 4.71. The zero-order valence-corrected chi connectivity index (χ0v) is 9.67. The SMILES string of the molecule is COC(=O)c1cc([C@@H]2C[C@H]3C=C[C@H]2C3)ncn1. The van der Waals surface area contributed by atoms with Crippen LogP contribution in [0.5, 0.6) is 0 Å². The predicted molar refractivity (Wildman–Crippen MR) is 61.5 cm³/mol. The Bertz CT molecular complexity index is 484. The second kappa shape index (κ2) is 3.95. The maximum Gasteiger partial charge on any atom is 0.356 e. The molecule has 2 bridgehead atoms. The number of ether oxygens (including phenoxy) is 1. The van der Waals surface area contributed by atoms with Gasteiger partial charge in [0.2, 0.25) is 0 Å². The van der Waals surface area contributed by atoms with E-state index in [-0.39, 0.29) is 0 Å². The first-order valence-corrected chi connectivity index (χ1v) is 5.86. The zero-order valence-electron chi connectivity index (χ0n) is 9.67. The molecule has 1 fully saturated rings. The minimum absolute atomic E-state index is 0.351. The summed E-state index contributed by atoms with van der Waals surface area (Å²) in [4.78, 5) is 19.7. The number of carbonyl (C=O) groups is 1. The Morgan fingerprint density at radius 2 is 2.24 bits per heavy atom. The minimum atomic E-state index is -0.396. The maximum atomic E-state index is 11.4. The van der Waals surface area contributed by atoms with Gasteiger partial charge in [-0.05, 0) is 30.7 Å². The number of nitrogens with zero attached hydrogens (tertiary/aromatic N) is 2. The summed E-state index contributed by atoms with van der Waals surface area (Å²) in [6, 6.07) is 1.77. The van der Waals surface area contributed by atoms with E-state index in [0.29, 0.717) is 23.4 Å². The van der Waals surface area contributed by atoms with Gasteiger partial charge in [-0.15, -0.1) is 0 Å². The number of hydrogen-bond donors (Lipinski definition) is 0. The molecular formula is C13H14N2O2. The van der Waals surface area contributed by atoms with Crippen molar-refractivity contribution in [3.8, 4) is 0 Å². The fraction of sp³-hybridized carbons (Fsp3) is 0.462. The third-order valence-corrected chi connectivity index (χ3v) is 3.74. The van der Waals surface area contributed by atoms with Crippen molar-refractivity contribution in [2.45, 2.75) is 18.8 Å². The third-order valence-electron chi connectivity index (χ3n) is 3.74. The maximum absolute atomic E-state index is 11.4. The van der Waals surface area contributed by atoms with Crippen LogP contribution in [-0.2, 0) is 4.74 Å². The number of fused-ring (bicyclic) bond motifs is 2. The smallest absolute Gasteiger partial charge is 0.356 e. The van der Waals surface area contributed by atoms with Crippen molar-refractivity contribution in [1.29, 1.82) is 0 Å². The van der Waals surface area contributed by atoms with Gasteiger partial charge in [-0.25, -0.2) is 14.8 Å². The number of hydrogen-bond acceptors (Lipinski definition) is 4. The van der Waals surface area contributed by atoms with Crippen LogP contribution in [0.3, 0.4) is 0 Å². The van der Waals surface area contributed by atoms with Crippen LogP contribution in [0.25, 0.3) is 0 Å². The molecule has 0 unspecified atom stereocenters. The Balaban J connectivity index is 1.89. The molecule has 0 saturated heterocycles. The molecule has 0 spiro atoms. The molecule has 0 radical (unpaired) electrons. The quantitative estimate of drug-likeness (QED) is 0.575. The topological polar surface area (TPSA) is 52.1 Å². The summed E-state index contributed by atoms with van der Waals surface area (Å²) < 4.78 is 4.67. The number of carbonyl (C=O) groups excluding carboxylic acids is 1. The van der Waals surface area contributed by atoms with Gasteiger partial charge in [0.1, 0.15) is 6.33 Å². The van der Waals surface area contributed by atoms with E-state index in [2.05, 4.69) is 26.9 Å². The predicted octanol–water partition coefficient (Wildman–Crippen LogP) is 1.94. The summed E-state index contributed by atoms with van der Waals surface area (Å²) >= 11 is 0. The van der Waals surface area contributed by atoms with E-state index in [1.807, 2.05) is 0 Å². The molecule has 17 heavy (non-hydrogen) atoms. The van der Waals surface area contributed by atoms with Crippen LogP contribution >= 0.6 is 0 Å². The summed E-state index contributed by atoms with van der Waals surface area (Å²) in [5.74, 6) is 1.32. The van der Waals surface area contributed by atoms with Crippen LogP contribution in [0.15, 0.2) is 24.5 Å². The van der Waals surface area contributed by atoms with Crippen molar-refractivity contribution >= 4 is 5.97 Å². The molecule has 0 aromatic carbocycles. The fourth-order valence-electron chi connectivity index (χ4n) is 2.91. The highest BCUT2D eigenvalue weighted by atomic mass is 16.5. The van der Waals surface area contributed by atoms with Crippen LogP contribution in [0.1, 0.15) is 34.9 Å². The highest BCUT2D eigenvalue weighted by Crippen LogP contribution is 2.48. The van der Waals surface area contributed by atoms with Gasteiger partial charge in [0.15, 0.2) is 5.69 Å². The van der Waals surface area contributed by atoms with Gasteiger partial charge < -0.3 is 4.74 Å². The monoisotopic (exact) mass is 230 g/mol. The van der Waals surface area contributed by atoms with Crippen LogP contribution in [-0.4, -0.2) is 23.0 Å². The van der Waals surface area contributed by atoms with E-state index in [0.717, 1.165) is 12.1 Å². The zero-order chi connectivity index (χ0) is 11.8. The normalized spacial score (nSPS) is 29.6. The molecule has 1 saturated carbocycles. The van der Waals surface area contributed by atoms with E-state index in [1.165, 1.54) is 19.9 Å². The van der Waals surface area contributed by atoms with Crippen LogP contribution in [0.4, 0.5) is 0 Å². The van der Waals surface area contributed by atoms with Crippen molar-refractivity contribution in [2.24, 2.45) is 11.8 Å². The van der Waals surface area contributed by atoms with Crippen LogP contribution in [0.2, 0.25) is 0 Å². The molecule has 1 aromatic heterocycles. The van der Waals surface area contributed by atoms with Gasteiger partial charge in [-0.3, -0.25) is 0 Å². The number of aromatic nitrogens is 2. The molecule has 88 valence electrons. The van der Waals surface area contributed by atoms with Gasteiger partial charge in [-0.2, -0.15) is 0 Å². The van der Waals surface area contributed by atoms with Crippen molar-refractivity contribution in [2.75, 3.05) is 7.11 Å². The van der Waals surface area contributed by atoms with Crippen molar-refractivity contribution in [3.63, 3.8) is 0 Å². The Labute approximate surface area is 99.7 Å². The Morgan fingerprint density at radius 3 is 2.88 bits per heavy atom. The number of esters is 1. The van der Waals surface area contributed by atoms with Gasteiger partial charge in [0.25, 0.3) is 0 Å². The molecule has 2 aliphatic rings. The first kappa shape index (κ1) is 10.4. The number of allylic oxidation sites excluding steroid dienone is 2. The lowest BCUT2D eigenvalue weighted by Crippen LogP contribution is -2.11. The van der Waals surface area contributed by atoms with E-state index in [9.17, 15) is 4.79 Å². The highest BCUT2D eigenvalue weighted by molar-refractivity contribution is 5.87. The van der Waals surface area contributed by atoms with Crippen LogP contribution < -0.4 is 0 Å². The minimum Gasteiger partial charge on any atom is -0.464 e. The molecule has 0 N–H and O–H groups in total. The first-order valence-electron chi connectivity index (χ1n) is 5.86. The Kier molecular flexibility index (Phi) is 2.42. The van der Waals surface area contributed by atoms with Crippen molar-refractivity contribution < 1.29 is 9.53 Å². The average molecular weight is 230 g/mol. The molecule has 3 atom stereocenters. The van der Waals surface area contributed by atoms with Gasteiger partial charge in [-0.1, -0.05) is 12.2 Å². The average Bonchev–Trinajstić information content (AvgIpc) is 3.00. The van der Waals surface area contributed by atoms with E-state index >= 15 is 0 Å². The molecule has 0 aliphatic heterocycles. The number of methoxy groups -OCH3 is 1. The molecule has 4 heteroatoms. The highest BCUT2D eigenvalue weighted by Gasteiger charge is 2.37.